The molecule has 1 aromatic carbocycles. The lowest BCUT2D eigenvalue weighted by molar-refractivity contribution is 0.137. The topological polar surface area (TPSA) is 57.5 Å². The average molecular weight is 290 g/mol. The third-order valence-corrected chi connectivity index (χ3v) is 3.89. The van der Waals surface area contributed by atoms with E-state index < -0.39 is 6.16 Å². The van der Waals surface area contributed by atoms with E-state index in [1.54, 1.807) is 0 Å². The van der Waals surface area contributed by atoms with Crippen molar-refractivity contribution < 1.29 is 15.0 Å². The number of benzene rings is 1. The van der Waals surface area contributed by atoms with Gasteiger partial charge < -0.3 is 10.2 Å². The Balaban J connectivity index is 0.000000491. The van der Waals surface area contributed by atoms with Gasteiger partial charge in [-0.25, -0.2) is 4.79 Å². The minimum absolute atomic E-state index is 0.251. The Kier molecular flexibility index (Phi) is 5.21. The van der Waals surface area contributed by atoms with Gasteiger partial charge in [-0.3, -0.25) is 0 Å². The van der Waals surface area contributed by atoms with Gasteiger partial charge in [0.05, 0.1) is 0 Å². The second-order valence-corrected chi connectivity index (χ2v) is 7.31. The summed E-state index contributed by atoms with van der Waals surface area (Å²) in [5.74, 6) is 0.782. The van der Waals surface area contributed by atoms with Gasteiger partial charge in [0.25, 0.3) is 0 Å². The summed E-state index contributed by atoms with van der Waals surface area (Å²) in [5, 5.41) is 13.9. The first-order valence-electron chi connectivity index (χ1n) is 7.23. The van der Waals surface area contributed by atoms with Crippen molar-refractivity contribution in [2.45, 2.75) is 46.5 Å². The molecule has 1 aromatic rings. The molecule has 1 fully saturated rings. The number of allylic oxidation sites excluding steroid dienone is 1. The first-order valence-corrected chi connectivity index (χ1v) is 7.23. The van der Waals surface area contributed by atoms with Crippen LogP contribution in [0.2, 0.25) is 0 Å². The van der Waals surface area contributed by atoms with Crippen molar-refractivity contribution in [1.29, 1.82) is 0 Å². The fraction of sp³-hybridized carbons (Fsp3) is 0.500. The Bertz CT molecular complexity index is 500. The fourth-order valence-electron chi connectivity index (χ4n) is 2.16. The molecular weight excluding hydrogens is 264 g/mol. The fourth-order valence-corrected chi connectivity index (χ4v) is 2.16. The van der Waals surface area contributed by atoms with Crippen LogP contribution < -0.4 is 0 Å². The molecule has 2 N–H and O–H groups in total. The number of carboxylic acid groups (broad SMARTS) is 2. The van der Waals surface area contributed by atoms with Crippen LogP contribution in [0.1, 0.15) is 52.2 Å². The highest BCUT2D eigenvalue weighted by Crippen LogP contribution is 2.52. The maximum atomic E-state index is 8.56. The predicted molar refractivity (Wildman–Crippen MR) is 86.7 cm³/mol. The van der Waals surface area contributed by atoms with Gasteiger partial charge in [-0.2, -0.15) is 0 Å². The standard InChI is InChI=1S/C17H24.CH2O3/c1-16(2,3)14-9-6-13(7-10-14)8-11-15-12-17(15,4)5;2-1(3)4/h6-11,15H,12H2,1-5H3;(H2,2,3,4). The van der Waals surface area contributed by atoms with Gasteiger partial charge in [-0.05, 0) is 34.3 Å². The molecule has 3 nitrogen and oxygen atoms in total. The Morgan fingerprint density at radius 3 is 1.95 bits per heavy atom. The zero-order chi connectivity index (χ0) is 16.3. The summed E-state index contributed by atoms with van der Waals surface area (Å²) in [5.41, 5.74) is 3.52. The van der Waals surface area contributed by atoms with E-state index in [9.17, 15) is 0 Å². The molecule has 0 radical (unpaired) electrons. The molecule has 0 saturated heterocycles. The van der Waals surface area contributed by atoms with Crippen LogP contribution in [0.4, 0.5) is 4.79 Å². The minimum Gasteiger partial charge on any atom is -0.450 e. The summed E-state index contributed by atoms with van der Waals surface area (Å²) in [4.78, 5) is 8.56. The van der Waals surface area contributed by atoms with Crippen molar-refractivity contribution in [3.8, 4) is 0 Å². The van der Waals surface area contributed by atoms with E-state index in [-0.39, 0.29) is 5.41 Å². The molecule has 0 aliphatic heterocycles. The molecule has 116 valence electrons. The molecule has 1 unspecified atom stereocenters. The molecule has 1 saturated carbocycles. The Morgan fingerprint density at radius 1 is 1.19 bits per heavy atom. The number of carbonyl (C=O) groups is 1. The van der Waals surface area contributed by atoms with Crippen LogP contribution in [0, 0.1) is 11.3 Å². The second kappa shape index (κ2) is 6.33. The van der Waals surface area contributed by atoms with Crippen molar-refractivity contribution in [3.63, 3.8) is 0 Å². The number of hydrogen-bond acceptors (Lipinski definition) is 1. The van der Waals surface area contributed by atoms with Crippen LogP contribution in [-0.4, -0.2) is 16.4 Å². The third-order valence-electron chi connectivity index (χ3n) is 3.89. The van der Waals surface area contributed by atoms with Gasteiger partial charge in [0.15, 0.2) is 0 Å². The van der Waals surface area contributed by atoms with E-state index in [2.05, 4.69) is 71.0 Å². The average Bonchev–Trinajstić information content (AvgIpc) is 2.93. The van der Waals surface area contributed by atoms with Crippen LogP contribution in [-0.2, 0) is 5.41 Å². The summed E-state index contributed by atoms with van der Waals surface area (Å²) in [6.07, 6.45) is 4.14. The molecule has 1 aliphatic carbocycles. The molecule has 1 atom stereocenters. The molecule has 3 heteroatoms. The van der Waals surface area contributed by atoms with Crippen LogP contribution >= 0.6 is 0 Å². The highest BCUT2D eigenvalue weighted by Gasteiger charge is 2.43. The van der Waals surface area contributed by atoms with Crippen LogP contribution in [0.15, 0.2) is 30.3 Å². The van der Waals surface area contributed by atoms with Crippen LogP contribution in [0.25, 0.3) is 6.08 Å². The molecule has 21 heavy (non-hydrogen) atoms. The largest absolute Gasteiger partial charge is 0.503 e. The number of rotatable bonds is 2. The van der Waals surface area contributed by atoms with Gasteiger partial charge in [0.1, 0.15) is 0 Å². The number of hydrogen-bond donors (Lipinski definition) is 2. The highest BCUT2D eigenvalue weighted by atomic mass is 16.6. The second-order valence-electron chi connectivity index (χ2n) is 7.31. The first-order chi connectivity index (χ1) is 9.52. The zero-order valence-electron chi connectivity index (χ0n) is 13.6. The lowest BCUT2D eigenvalue weighted by Crippen LogP contribution is -2.10. The Hall–Kier alpha value is -1.77. The monoisotopic (exact) mass is 290 g/mol. The van der Waals surface area contributed by atoms with Crippen LogP contribution in [0.3, 0.4) is 0 Å². The maximum absolute atomic E-state index is 8.56. The molecule has 0 aromatic heterocycles. The molecule has 0 spiro atoms. The molecule has 0 amide bonds. The zero-order valence-corrected chi connectivity index (χ0v) is 13.6. The molecular formula is C18H26O3. The van der Waals surface area contributed by atoms with Crippen molar-refractivity contribution in [3.05, 3.63) is 41.5 Å². The maximum Gasteiger partial charge on any atom is 0.503 e. The smallest absolute Gasteiger partial charge is 0.450 e. The molecule has 0 heterocycles. The summed E-state index contributed by atoms with van der Waals surface area (Å²) in [6, 6.07) is 8.95. The van der Waals surface area contributed by atoms with E-state index in [0.717, 1.165) is 5.92 Å². The van der Waals surface area contributed by atoms with Gasteiger partial charge in [0.2, 0.25) is 0 Å². The highest BCUT2D eigenvalue weighted by molar-refractivity contribution is 5.53. The summed E-state index contributed by atoms with van der Waals surface area (Å²) in [6.45, 7) is 11.4. The Morgan fingerprint density at radius 2 is 1.62 bits per heavy atom. The lowest BCUT2D eigenvalue weighted by Gasteiger charge is -2.18. The predicted octanol–water partition coefficient (Wildman–Crippen LogP) is 5.27. The summed E-state index contributed by atoms with van der Waals surface area (Å²) in [7, 11) is 0. The van der Waals surface area contributed by atoms with E-state index in [4.69, 9.17) is 15.0 Å². The summed E-state index contributed by atoms with van der Waals surface area (Å²) < 4.78 is 0. The van der Waals surface area contributed by atoms with Gasteiger partial charge in [0, 0.05) is 0 Å². The van der Waals surface area contributed by atoms with Crippen molar-refractivity contribution >= 4 is 12.2 Å². The van der Waals surface area contributed by atoms with E-state index in [1.807, 2.05) is 0 Å². The van der Waals surface area contributed by atoms with E-state index in [1.165, 1.54) is 17.5 Å². The summed E-state index contributed by atoms with van der Waals surface area (Å²) >= 11 is 0. The van der Waals surface area contributed by atoms with E-state index >= 15 is 0 Å². The van der Waals surface area contributed by atoms with Crippen molar-refractivity contribution in [2.24, 2.45) is 11.3 Å². The minimum atomic E-state index is -1.83. The molecule has 1 aliphatic rings. The SMILES string of the molecule is CC(C)(C)c1ccc(C=CC2CC2(C)C)cc1.O=C(O)O. The van der Waals surface area contributed by atoms with Crippen molar-refractivity contribution in [1.82, 2.24) is 0 Å². The van der Waals surface area contributed by atoms with Gasteiger partial charge in [-0.1, -0.05) is 71.0 Å². The quantitative estimate of drug-likeness (QED) is 0.780. The Labute approximate surface area is 127 Å². The van der Waals surface area contributed by atoms with Gasteiger partial charge in [-0.15, -0.1) is 0 Å². The lowest BCUT2D eigenvalue weighted by atomic mass is 9.87. The first kappa shape index (κ1) is 17.3. The van der Waals surface area contributed by atoms with Gasteiger partial charge >= 0.3 is 6.16 Å². The van der Waals surface area contributed by atoms with Crippen LogP contribution in [0.5, 0.6) is 0 Å². The normalized spacial score (nSPS) is 19.8. The molecule has 2 rings (SSSR count). The van der Waals surface area contributed by atoms with E-state index in [0.29, 0.717) is 5.41 Å². The third kappa shape index (κ3) is 6.03. The molecule has 0 bridgehead atoms. The van der Waals surface area contributed by atoms with Crippen molar-refractivity contribution in [2.75, 3.05) is 0 Å².